The van der Waals surface area contributed by atoms with Gasteiger partial charge in [0.15, 0.2) is 6.61 Å². The molecule has 5 heteroatoms. The zero-order valence-electron chi connectivity index (χ0n) is 12.4. The third kappa shape index (κ3) is 3.25. The summed E-state index contributed by atoms with van der Waals surface area (Å²) in [4.78, 5) is 4.33. The smallest absolute Gasteiger partial charge is 0.258 e. The molecule has 0 saturated carbocycles. The van der Waals surface area contributed by atoms with Gasteiger partial charge in [-0.2, -0.15) is 4.98 Å². The predicted molar refractivity (Wildman–Crippen MR) is 81.8 cm³/mol. The molecule has 0 aliphatic carbocycles. The maximum atomic E-state index is 5.63. The van der Waals surface area contributed by atoms with E-state index in [1.54, 1.807) is 7.11 Å². The standard InChI is InChI=1S/C17H16N2O3/c1-12-3-7-15(8-4-12)21-11-16-18-17(22-19-16)13-5-9-14(20-2)10-6-13/h3-10H,11H2,1-2H3. The molecule has 0 atom stereocenters. The van der Waals surface area contributed by atoms with E-state index in [4.69, 9.17) is 14.0 Å². The summed E-state index contributed by atoms with van der Waals surface area (Å²) in [6, 6.07) is 15.3. The van der Waals surface area contributed by atoms with Gasteiger partial charge in [-0.05, 0) is 43.3 Å². The van der Waals surface area contributed by atoms with Crippen LogP contribution < -0.4 is 9.47 Å². The molecule has 0 radical (unpaired) electrons. The molecule has 0 unspecified atom stereocenters. The lowest BCUT2D eigenvalue weighted by Gasteiger charge is -2.02. The van der Waals surface area contributed by atoms with E-state index in [1.807, 2.05) is 55.5 Å². The van der Waals surface area contributed by atoms with Gasteiger partial charge in [0, 0.05) is 5.56 Å². The summed E-state index contributed by atoms with van der Waals surface area (Å²) < 4.78 is 16.0. The van der Waals surface area contributed by atoms with Crippen LogP contribution in [0.3, 0.4) is 0 Å². The number of aromatic nitrogens is 2. The minimum absolute atomic E-state index is 0.267. The van der Waals surface area contributed by atoms with Gasteiger partial charge in [-0.1, -0.05) is 22.9 Å². The summed E-state index contributed by atoms with van der Waals surface area (Å²) in [5, 5.41) is 3.93. The second-order valence-electron chi connectivity index (χ2n) is 4.85. The van der Waals surface area contributed by atoms with Crippen LogP contribution >= 0.6 is 0 Å². The van der Waals surface area contributed by atoms with E-state index in [-0.39, 0.29) is 6.61 Å². The number of nitrogens with zero attached hydrogens (tertiary/aromatic N) is 2. The molecule has 112 valence electrons. The summed E-state index contributed by atoms with van der Waals surface area (Å²) in [6.45, 7) is 2.30. The van der Waals surface area contributed by atoms with Crippen molar-refractivity contribution in [3.05, 3.63) is 59.9 Å². The molecule has 3 aromatic rings. The Bertz CT molecular complexity index is 733. The zero-order chi connectivity index (χ0) is 15.4. The Labute approximate surface area is 128 Å². The first-order valence-electron chi connectivity index (χ1n) is 6.91. The van der Waals surface area contributed by atoms with E-state index in [0.717, 1.165) is 17.1 Å². The summed E-state index contributed by atoms with van der Waals surface area (Å²) >= 11 is 0. The molecular weight excluding hydrogens is 280 g/mol. The number of methoxy groups -OCH3 is 1. The Balaban J connectivity index is 1.66. The van der Waals surface area contributed by atoms with Crippen molar-refractivity contribution in [1.29, 1.82) is 0 Å². The normalized spacial score (nSPS) is 10.5. The van der Waals surface area contributed by atoms with E-state index < -0.39 is 0 Å². The van der Waals surface area contributed by atoms with Crippen LogP contribution in [-0.2, 0) is 6.61 Å². The fraction of sp³-hybridized carbons (Fsp3) is 0.176. The maximum absolute atomic E-state index is 5.63. The third-order valence-corrected chi connectivity index (χ3v) is 3.19. The Morgan fingerprint density at radius 2 is 1.64 bits per heavy atom. The quantitative estimate of drug-likeness (QED) is 0.719. The molecule has 0 aliphatic rings. The second kappa shape index (κ2) is 6.30. The van der Waals surface area contributed by atoms with Crippen molar-refractivity contribution in [3.8, 4) is 23.0 Å². The highest BCUT2D eigenvalue weighted by atomic mass is 16.5. The Kier molecular flexibility index (Phi) is 4.05. The minimum atomic E-state index is 0.267. The largest absolute Gasteiger partial charge is 0.497 e. The monoisotopic (exact) mass is 296 g/mol. The highest BCUT2D eigenvalue weighted by Crippen LogP contribution is 2.21. The van der Waals surface area contributed by atoms with Gasteiger partial charge < -0.3 is 14.0 Å². The van der Waals surface area contributed by atoms with Crippen molar-refractivity contribution in [1.82, 2.24) is 10.1 Å². The number of ether oxygens (including phenoxy) is 2. The van der Waals surface area contributed by atoms with Crippen LogP contribution in [0.4, 0.5) is 0 Å². The van der Waals surface area contributed by atoms with Crippen LogP contribution in [0.2, 0.25) is 0 Å². The summed E-state index contributed by atoms with van der Waals surface area (Å²) in [6.07, 6.45) is 0. The van der Waals surface area contributed by atoms with E-state index >= 15 is 0 Å². The summed E-state index contributed by atoms with van der Waals surface area (Å²) in [7, 11) is 1.63. The first-order valence-corrected chi connectivity index (χ1v) is 6.91. The van der Waals surface area contributed by atoms with Gasteiger partial charge in [0.05, 0.1) is 7.11 Å². The van der Waals surface area contributed by atoms with E-state index in [2.05, 4.69) is 10.1 Å². The first kappa shape index (κ1) is 14.1. The van der Waals surface area contributed by atoms with E-state index in [0.29, 0.717) is 11.7 Å². The van der Waals surface area contributed by atoms with Crippen molar-refractivity contribution in [2.24, 2.45) is 0 Å². The van der Waals surface area contributed by atoms with E-state index in [9.17, 15) is 0 Å². The molecule has 0 bridgehead atoms. The van der Waals surface area contributed by atoms with Crippen molar-refractivity contribution >= 4 is 0 Å². The number of rotatable bonds is 5. The molecule has 0 aliphatic heterocycles. The summed E-state index contributed by atoms with van der Waals surface area (Å²) in [5.74, 6) is 2.53. The van der Waals surface area contributed by atoms with Crippen molar-refractivity contribution in [3.63, 3.8) is 0 Å². The topological polar surface area (TPSA) is 57.4 Å². The van der Waals surface area contributed by atoms with Crippen LogP contribution in [0.25, 0.3) is 11.5 Å². The Morgan fingerprint density at radius 3 is 2.32 bits per heavy atom. The lowest BCUT2D eigenvalue weighted by molar-refractivity contribution is 0.287. The minimum Gasteiger partial charge on any atom is -0.497 e. The molecule has 5 nitrogen and oxygen atoms in total. The fourth-order valence-corrected chi connectivity index (χ4v) is 1.95. The molecule has 0 fully saturated rings. The Morgan fingerprint density at radius 1 is 0.955 bits per heavy atom. The van der Waals surface area contributed by atoms with Gasteiger partial charge in [-0.3, -0.25) is 0 Å². The van der Waals surface area contributed by atoms with Crippen LogP contribution in [-0.4, -0.2) is 17.3 Å². The zero-order valence-corrected chi connectivity index (χ0v) is 12.4. The molecule has 3 rings (SSSR count). The van der Waals surface area contributed by atoms with Gasteiger partial charge in [-0.25, -0.2) is 0 Å². The van der Waals surface area contributed by atoms with Gasteiger partial charge in [-0.15, -0.1) is 0 Å². The third-order valence-electron chi connectivity index (χ3n) is 3.19. The molecule has 22 heavy (non-hydrogen) atoms. The molecule has 0 spiro atoms. The average molecular weight is 296 g/mol. The molecule has 0 amide bonds. The van der Waals surface area contributed by atoms with Crippen LogP contribution in [0.5, 0.6) is 11.5 Å². The van der Waals surface area contributed by atoms with E-state index in [1.165, 1.54) is 5.56 Å². The van der Waals surface area contributed by atoms with Crippen molar-refractivity contribution in [2.75, 3.05) is 7.11 Å². The number of benzene rings is 2. The first-order chi connectivity index (χ1) is 10.7. The summed E-state index contributed by atoms with van der Waals surface area (Å²) in [5.41, 5.74) is 2.03. The van der Waals surface area contributed by atoms with Gasteiger partial charge in [0.1, 0.15) is 11.5 Å². The predicted octanol–water partition coefficient (Wildman–Crippen LogP) is 3.63. The lowest BCUT2D eigenvalue weighted by Crippen LogP contribution is -1.97. The fourth-order valence-electron chi connectivity index (χ4n) is 1.95. The highest BCUT2D eigenvalue weighted by molar-refractivity contribution is 5.54. The molecule has 0 N–H and O–H groups in total. The number of hydrogen-bond acceptors (Lipinski definition) is 5. The number of hydrogen-bond donors (Lipinski definition) is 0. The molecule has 1 heterocycles. The maximum Gasteiger partial charge on any atom is 0.258 e. The SMILES string of the molecule is COc1ccc(-c2nc(COc3ccc(C)cc3)no2)cc1. The molecule has 1 aromatic heterocycles. The molecule has 0 saturated heterocycles. The number of aryl methyl sites for hydroxylation is 1. The molecular formula is C17H16N2O3. The van der Waals surface area contributed by atoms with Crippen LogP contribution in [0.15, 0.2) is 53.1 Å². The average Bonchev–Trinajstić information content (AvgIpc) is 3.03. The van der Waals surface area contributed by atoms with Gasteiger partial charge in [0.25, 0.3) is 5.89 Å². The Hall–Kier alpha value is -2.82. The second-order valence-corrected chi connectivity index (χ2v) is 4.85. The van der Waals surface area contributed by atoms with Crippen LogP contribution in [0, 0.1) is 6.92 Å². The highest BCUT2D eigenvalue weighted by Gasteiger charge is 2.09. The lowest BCUT2D eigenvalue weighted by atomic mass is 10.2. The van der Waals surface area contributed by atoms with Gasteiger partial charge >= 0.3 is 0 Å². The van der Waals surface area contributed by atoms with Crippen LogP contribution in [0.1, 0.15) is 11.4 Å². The van der Waals surface area contributed by atoms with Crippen molar-refractivity contribution < 1.29 is 14.0 Å². The van der Waals surface area contributed by atoms with Crippen molar-refractivity contribution in [2.45, 2.75) is 13.5 Å². The molecule has 2 aromatic carbocycles. The van der Waals surface area contributed by atoms with Gasteiger partial charge in [0.2, 0.25) is 5.82 Å².